The average molecular weight is 372 g/mol. The fraction of sp³-hybridized carbons (Fsp3) is 0.0588. The molecule has 9 heteroatoms. The molecule has 0 fully saturated rings. The number of anilines is 1. The number of hydrogen-bond donors (Lipinski definition) is 3. The van der Waals surface area contributed by atoms with Crippen molar-refractivity contribution in [2.24, 2.45) is 0 Å². The lowest BCUT2D eigenvalue weighted by Crippen LogP contribution is -2.16. The third kappa shape index (κ3) is 3.42. The number of benzene rings is 1. The topological polar surface area (TPSA) is 119 Å². The molecule has 0 saturated carbocycles. The number of pyridine rings is 1. The molecule has 3 rings (SSSR count). The maximum Gasteiger partial charge on any atom is 0.263 e. The number of sulfonamides is 1. The molecule has 26 heavy (non-hydrogen) atoms. The predicted octanol–water partition coefficient (Wildman–Crippen LogP) is 2.30. The summed E-state index contributed by atoms with van der Waals surface area (Å²) in [5, 5.41) is 19.2. The molecule has 0 aliphatic heterocycles. The van der Waals surface area contributed by atoms with Crippen LogP contribution in [0.4, 0.5) is 10.1 Å². The highest BCUT2D eigenvalue weighted by Gasteiger charge is 2.26. The van der Waals surface area contributed by atoms with Crippen LogP contribution in [0.3, 0.4) is 0 Å². The summed E-state index contributed by atoms with van der Waals surface area (Å²) < 4.78 is 41.4. The van der Waals surface area contributed by atoms with Gasteiger partial charge in [-0.25, -0.2) is 12.8 Å². The van der Waals surface area contributed by atoms with E-state index >= 15 is 0 Å². The van der Waals surface area contributed by atoms with E-state index in [-0.39, 0.29) is 27.4 Å². The highest BCUT2D eigenvalue weighted by atomic mass is 32.2. The lowest BCUT2D eigenvalue weighted by atomic mass is 10.1. The lowest BCUT2D eigenvalue weighted by molar-refractivity contribution is 0.212. The second kappa shape index (κ2) is 6.95. The van der Waals surface area contributed by atoms with Crippen molar-refractivity contribution in [3.63, 3.8) is 0 Å². The van der Waals surface area contributed by atoms with Crippen LogP contribution in [-0.4, -0.2) is 23.5 Å². The van der Waals surface area contributed by atoms with Crippen molar-refractivity contribution in [3.8, 4) is 6.07 Å². The molecule has 3 N–H and O–H groups in total. The van der Waals surface area contributed by atoms with E-state index in [1.165, 1.54) is 24.7 Å². The van der Waals surface area contributed by atoms with Gasteiger partial charge in [-0.15, -0.1) is 0 Å². The summed E-state index contributed by atoms with van der Waals surface area (Å²) in [4.78, 5) is 6.40. The van der Waals surface area contributed by atoms with Crippen LogP contribution in [0.2, 0.25) is 0 Å². The Labute approximate surface area is 148 Å². The summed E-state index contributed by atoms with van der Waals surface area (Å²) in [6, 6.07) is 10.0. The number of nitrogens with one attached hydrogen (secondary N) is 2. The van der Waals surface area contributed by atoms with Gasteiger partial charge in [0.05, 0.1) is 23.0 Å². The summed E-state index contributed by atoms with van der Waals surface area (Å²) in [5.74, 6) is -0.880. The zero-order chi connectivity index (χ0) is 18.7. The molecule has 0 spiro atoms. The molecule has 1 unspecified atom stereocenters. The SMILES string of the molecule is N#Cc1ccc(NS(=O)(=O)c2c[nH]cc2C(O)c2ccccn2)c(F)c1. The van der Waals surface area contributed by atoms with Crippen LogP contribution in [-0.2, 0) is 10.0 Å². The largest absolute Gasteiger partial charge is 0.382 e. The minimum absolute atomic E-state index is 0.0679. The quantitative estimate of drug-likeness (QED) is 0.635. The second-order valence-electron chi connectivity index (χ2n) is 5.34. The minimum Gasteiger partial charge on any atom is -0.382 e. The molecule has 132 valence electrons. The van der Waals surface area contributed by atoms with Gasteiger partial charge in [0.2, 0.25) is 0 Å². The Morgan fingerprint density at radius 1 is 1.27 bits per heavy atom. The molecule has 0 aliphatic carbocycles. The second-order valence-corrected chi connectivity index (χ2v) is 6.99. The van der Waals surface area contributed by atoms with E-state index in [4.69, 9.17) is 5.26 Å². The minimum atomic E-state index is -4.19. The number of halogens is 1. The van der Waals surface area contributed by atoms with E-state index in [0.717, 1.165) is 12.1 Å². The Morgan fingerprint density at radius 3 is 2.73 bits per heavy atom. The molecule has 2 aromatic heterocycles. The molecule has 2 heterocycles. The highest BCUT2D eigenvalue weighted by Crippen LogP contribution is 2.28. The number of aliphatic hydroxyl groups is 1. The molecule has 0 saturated heterocycles. The molecule has 0 aliphatic rings. The lowest BCUT2D eigenvalue weighted by Gasteiger charge is -2.13. The molecule has 0 bridgehead atoms. The highest BCUT2D eigenvalue weighted by molar-refractivity contribution is 7.92. The van der Waals surface area contributed by atoms with E-state index in [2.05, 4.69) is 14.7 Å². The smallest absolute Gasteiger partial charge is 0.263 e. The van der Waals surface area contributed by atoms with Gasteiger partial charge in [-0.1, -0.05) is 6.07 Å². The molecule has 3 aromatic rings. The first kappa shape index (κ1) is 17.6. The normalized spacial score (nSPS) is 12.3. The molecular weight excluding hydrogens is 359 g/mol. The van der Waals surface area contributed by atoms with Crippen molar-refractivity contribution in [2.45, 2.75) is 11.0 Å². The van der Waals surface area contributed by atoms with Gasteiger partial charge in [-0.3, -0.25) is 9.71 Å². The van der Waals surface area contributed by atoms with Crippen molar-refractivity contribution in [2.75, 3.05) is 4.72 Å². The van der Waals surface area contributed by atoms with Crippen LogP contribution in [0.15, 0.2) is 59.9 Å². The van der Waals surface area contributed by atoms with Crippen molar-refractivity contribution >= 4 is 15.7 Å². The van der Waals surface area contributed by atoms with E-state index in [1.807, 2.05) is 0 Å². The van der Waals surface area contributed by atoms with Crippen molar-refractivity contribution in [3.05, 3.63) is 77.6 Å². The Bertz CT molecular complexity index is 1070. The van der Waals surface area contributed by atoms with Crippen LogP contribution >= 0.6 is 0 Å². The maximum absolute atomic E-state index is 14.0. The van der Waals surface area contributed by atoms with Crippen molar-refractivity contribution < 1.29 is 17.9 Å². The molecule has 0 radical (unpaired) electrons. The number of aliphatic hydroxyl groups excluding tert-OH is 1. The average Bonchev–Trinajstić information content (AvgIpc) is 3.14. The van der Waals surface area contributed by atoms with Gasteiger partial charge in [-0.2, -0.15) is 5.26 Å². The van der Waals surface area contributed by atoms with Crippen LogP contribution in [0, 0.1) is 17.1 Å². The number of H-pyrrole nitrogens is 1. The molecule has 1 atom stereocenters. The third-order valence-electron chi connectivity index (χ3n) is 3.63. The molecular formula is C17H13FN4O3S. The fourth-order valence-electron chi connectivity index (χ4n) is 2.37. The van der Waals surface area contributed by atoms with Gasteiger partial charge in [0.1, 0.15) is 16.8 Å². The number of aromatic amines is 1. The zero-order valence-corrected chi connectivity index (χ0v) is 14.0. The zero-order valence-electron chi connectivity index (χ0n) is 13.2. The summed E-state index contributed by atoms with van der Waals surface area (Å²) in [6.45, 7) is 0. The summed E-state index contributed by atoms with van der Waals surface area (Å²) in [5.41, 5.74) is 0.111. The Kier molecular flexibility index (Phi) is 4.71. The van der Waals surface area contributed by atoms with Crippen molar-refractivity contribution in [1.29, 1.82) is 5.26 Å². The fourth-order valence-corrected chi connectivity index (χ4v) is 3.64. The van der Waals surface area contributed by atoms with E-state index in [0.29, 0.717) is 0 Å². The number of rotatable bonds is 5. The summed E-state index contributed by atoms with van der Waals surface area (Å²) >= 11 is 0. The first-order valence-corrected chi connectivity index (χ1v) is 8.89. The van der Waals surface area contributed by atoms with Gasteiger partial charge < -0.3 is 10.1 Å². The number of hydrogen-bond acceptors (Lipinski definition) is 5. The number of nitriles is 1. The van der Waals surface area contributed by atoms with E-state index < -0.39 is 21.9 Å². The standard InChI is InChI=1S/C17H13FN4O3S/c18-13-7-11(8-19)4-5-14(13)22-26(24,25)16-10-20-9-12(16)17(23)15-3-1-2-6-21-15/h1-7,9-10,17,20,22-23H. The van der Waals surface area contributed by atoms with Crippen LogP contribution in [0.1, 0.15) is 22.9 Å². The Hall–Kier alpha value is -3.22. The molecule has 0 amide bonds. The Balaban J connectivity index is 1.95. The summed E-state index contributed by atoms with van der Waals surface area (Å²) in [6.07, 6.45) is 2.72. The first-order valence-electron chi connectivity index (χ1n) is 7.40. The summed E-state index contributed by atoms with van der Waals surface area (Å²) in [7, 11) is -4.19. The predicted molar refractivity (Wildman–Crippen MR) is 91.0 cm³/mol. The van der Waals surface area contributed by atoms with Crippen LogP contribution in [0.25, 0.3) is 0 Å². The van der Waals surface area contributed by atoms with Gasteiger partial charge in [0, 0.05) is 24.2 Å². The molecule has 1 aromatic carbocycles. The van der Waals surface area contributed by atoms with Gasteiger partial charge in [0.15, 0.2) is 0 Å². The Morgan fingerprint density at radius 2 is 2.08 bits per heavy atom. The molecule has 7 nitrogen and oxygen atoms in total. The van der Waals surface area contributed by atoms with Gasteiger partial charge in [0.25, 0.3) is 10.0 Å². The first-order chi connectivity index (χ1) is 12.4. The number of nitrogens with zero attached hydrogens (tertiary/aromatic N) is 2. The van der Waals surface area contributed by atoms with Gasteiger partial charge >= 0.3 is 0 Å². The van der Waals surface area contributed by atoms with Crippen LogP contribution in [0.5, 0.6) is 0 Å². The monoisotopic (exact) mass is 372 g/mol. The van der Waals surface area contributed by atoms with Crippen molar-refractivity contribution in [1.82, 2.24) is 9.97 Å². The van der Waals surface area contributed by atoms with E-state index in [1.54, 1.807) is 24.3 Å². The number of aromatic nitrogens is 2. The maximum atomic E-state index is 14.0. The van der Waals surface area contributed by atoms with E-state index in [9.17, 15) is 17.9 Å². The third-order valence-corrected chi connectivity index (χ3v) is 5.05. The van der Waals surface area contributed by atoms with Crippen LogP contribution < -0.4 is 4.72 Å². The van der Waals surface area contributed by atoms with Gasteiger partial charge in [-0.05, 0) is 30.3 Å².